The van der Waals surface area contributed by atoms with Crippen molar-refractivity contribution in [2.75, 3.05) is 0 Å². The van der Waals surface area contributed by atoms with Gasteiger partial charge >= 0.3 is 0 Å². The summed E-state index contributed by atoms with van der Waals surface area (Å²) in [5, 5.41) is 13.6. The van der Waals surface area contributed by atoms with E-state index >= 15 is 0 Å². The maximum atomic E-state index is 13.0. The summed E-state index contributed by atoms with van der Waals surface area (Å²) in [6.45, 7) is 6.98. The van der Waals surface area contributed by atoms with Crippen LogP contribution in [0.4, 0.5) is 0 Å². The third-order valence-corrected chi connectivity index (χ3v) is 7.20. The van der Waals surface area contributed by atoms with Crippen LogP contribution in [0.5, 0.6) is 0 Å². The van der Waals surface area contributed by atoms with Crippen LogP contribution in [0.15, 0.2) is 97.1 Å². The highest BCUT2D eigenvalue weighted by Gasteiger charge is 2.16. The Morgan fingerprint density at radius 1 is 0.919 bits per heavy atom. The molecule has 0 spiro atoms. The zero-order valence-corrected chi connectivity index (χ0v) is 21.3. The fourth-order valence-corrected chi connectivity index (χ4v) is 4.90. The molecule has 1 amide bonds. The molecule has 5 aromatic rings. The van der Waals surface area contributed by atoms with Gasteiger partial charge in [-0.05, 0) is 72.9 Å². The van der Waals surface area contributed by atoms with Crippen LogP contribution in [0.1, 0.15) is 51.3 Å². The van der Waals surface area contributed by atoms with Gasteiger partial charge < -0.3 is 9.88 Å². The normalized spacial score (nSPS) is 11.7. The fourth-order valence-electron chi connectivity index (χ4n) is 4.90. The number of carbonyl (C=O) groups excluding carboxylic acids is 1. The van der Waals surface area contributed by atoms with Gasteiger partial charge in [0.05, 0.1) is 17.7 Å². The number of hydrogen-bond donors (Lipinski definition) is 1. The molecule has 0 unspecified atom stereocenters. The quantitative estimate of drug-likeness (QED) is 0.275. The zero-order valence-electron chi connectivity index (χ0n) is 21.3. The van der Waals surface area contributed by atoms with Crippen LogP contribution in [0.25, 0.3) is 22.0 Å². The molecule has 0 saturated carbocycles. The van der Waals surface area contributed by atoms with Gasteiger partial charge in [-0.1, -0.05) is 72.8 Å². The van der Waals surface area contributed by atoms with Gasteiger partial charge in [-0.25, -0.2) is 0 Å². The Morgan fingerprint density at radius 3 is 2.35 bits per heavy atom. The topological polar surface area (TPSA) is 57.8 Å². The first-order valence-electron chi connectivity index (χ1n) is 12.5. The molecule has 0 aliphatic heterocycles. The van der Waals surface area contributed by atoms with Crippen molar-refractivity contribution < 1.29 is 4.79 Å². The van der Waals surface area contributed by atoms with E-state index in [0.29, 0.717) is 11.1 Å². The lowest BCUT2D eigenvalue weighted by Crippen LogP contribution is -2.26. The molecule has 4 heteroatoms. The molecular formula is C33H29N3O. The summed E-state index contributed by atoms with van der Waals surface area (Å²) in [4.78, 5) is 13.0. The molecule has 0 saturated heterocycles. The largest absolute Gasteiger partial charge is 0.346 e. The average Bonchev–Trinajstić information content (AvgIpc) is 3.18. The van der Waals surface area contributed by atoms with E-state index in [-0.39, 0.29) is 11.9 Å². The van der Waals surface area contributed by atoms with Crippen LogP contribution in [0, 0.1) is 25.2 Å². The van der Waals surface area contributed by atoms with Gasteiger partial charge in [-0.3, -0.25) is 4.79 Å². The third kappa shape index (κ3) is 4.77. The number of hydrogen-bond acceptors (Lipinski definition) is 2. The summed E-state index contributed by atoms with van der Waals surface area (Å²) >= 11 is 0. The molecule has 1 atom stereocenters. The Kier molecular flexibility index (Phi) is 6.62. The Hall–Kier alpha value is -4.62. The fraction of sp³-hybridized carbons (Fsp3) is 0.152. The van der Waals surface area contributed by atoms with Crippen molar-refractivity contribution in [1.29, 1.82) is 5.26 Å². The molecule has 1 aromatic heterocycles. The molecule has 0 radical (unpaired) electrons. The molecule has 0 aliphatic carbocycles. The highest BCUT2D eigenvalue weighted by Crippen LogP contribution is 2.29. The van der Waals surface area contributed by atoms with Crippen molar-refractivity contribution in [3.05, 3.63) is 131 Å². The molecule has 4 aromatic carbocycles. The highest BCUT2D eigenvalue weighted by atomic mass is 16.1. The second-order valence-corrected chi connectivity index (χ2v) is 9.49. The van der Waals surface area contributed by atoms with Gasteiger partial charge in [0.25, 0.3) is 5.91 Å². The molecule has 1 heterocycles. The number of nitrogens with zero attached hydrogens (tertiary/aromatic N) is 2. The van der Waals surface area contributed by atoms with Crippen molar-refractivity contribution in [3.63, 3.8) is 0 Å². The molecule has 0 bridgehead atoms. The first-order chi connectivity index (χ1) is 18.0. The number of nitriles is 1. The number of fused-ring (bicyclic) bond motifs is 1. The molecule has 5 rings (SSSR count). The number of carbonyl (C=O) groups is 1. The lowest BCUT2D eigenvalue weighted by atomic mass is 9.99. The molecule has 182 valence electrons. The van der Waals surface area contributed by atoms with E-state index in [1.807, 2.05) is 73.7 Å². The Bertz CT molecular complexity index is 1620. The molecule has 1 N–H and O–H groups in total. The number of nitrogens with one attached hydrogen (secondary N) is 1. The number of aryl methyl sites for hydroxylation is 1. The van der Waals surface area contributed by atoms with E-state index in [0.717, 1.165) is 34.1 Å². The van der Waals surface area contributed by atoms with Gasteiger partial charge in [0, 0.05) is 28.7 Å². The number of benzene rings is 4. The Labute approximate surface area is 217 Å². The van der Waals surface area contributed by atoms with Crippen molar-refractivity contribution in [1.82, 2.24) is 9.88 Å². The predicted octanol–water partition coefficient (Wildman–Crippen LogP) is 7.34. The highest BCUT2D eigenvalue weighted by molar-refractivity contribution is 5.99. The molecular weight excluding hydrogens is 454 g/mol. The predicted molar refractivity (Wildman–Crippen MR) is 149 cm³/mol. The van der Waals surface area contributed by atoms with E-state index in [4.69, 9.17) is 0 Å². The smallest absolute Gasteiger partial charge is 0.251 e. The number of amides is 1. The van der Waals surface area contributed by atoms with Crippen LogP contribution in [0.3, 0.4) is 0 Å². The van der Waals surface area contributed by atoms with Crippen molar-refractivity contribution in [3.8, 4) is 17.2 Å². The summed E-state index contributed by atoms with van der Waals surface area (Å²) in [6, 6.07) is 34.2. The van der Waals surface area contributed by atoms with E-state index < -0.39 is 0 Å². The standard InChI is InChI=1S/C33H29N3O/c1-22-24(3)36(21-25-13-15-27(16-14-25)30-12-8-7-11-29(30)20-34)32-18-17-28(19-31(22)32)33(37)35-23(2)26-9-5-4-6-10-26/h4-19,23H,21H2,1-3H3,(H,35,37)/t23-/m0/s1. The van der Waals surface area contributed by atoms with Crippen molar-refractivity contribution in [2.45, 2.75) is 33.4 Å². The maximum Gasteiger partial charge on any atom is 0.251 e. The van der Waals surface area contributed by atoms with Gasteiger partial charge in [0.15, 0.2) is 0 Å². The second-order valence-electron chi connectivity index (χ2n) is 9.49. The van der Waals surface area contributed by atoms with E-state index in [9.17, 15) is 10.1 Å². The summed E-state index contributed by atoms with van der Waals surface area (Å²) in [7, 11) is 0. The second kappa shape index (κ2) is 10.2. The zero-order chi connectivity index (χ0) is 25.9. The minimum atomic E-state index is -0.0729. The first kappa shape index (κ1) is 24.1. The van der Waals surface area contributed by atoms with Crippen LogP contribution in [-0.4, -0.2) is 10.5 Å². The molecule has 37 heavy (non-hydrogen) atoms. The average molecular weight is 484 g/mol. The van der Waals surface area contributed by atoms with Gasteiger partial charge in [-0.15, -0.1) is 0 Å². The van der Waals surface area contributed by atoms with Gasteiger partial charge in [-0.2, -0.15) is 5.26 Å². The number of rotatable bonds is 6. The summed E-state index contributed by atoms with van der Waals surface area (Å²) in [5.41, 5.74) is 9.06. The Balaban J connectivity index is 1.39. The molecule has 4 nitrogen and oxygen atoms in total. The minimum absolute atomic E-state index is 0.0695. The van der Waals surface area contributed by atoms with Crippen LogP contribution in [0.2, 0.25) is 0 Å². The SMILES string of the molecule is Cc1c(C)n(Cc2ccc(-c3ccccc3C#N)cc2)c2ccc(C(=O)N[C@@H](C)c3ccccc3)cc12. The van der Waals surface area contributed by atoms with Crippen molar-refractivity contribution >= 4 is 16.8 Å². The first-order valence-corrected chi connectivity index (χ1v) is 12.5. The van der Waals surface area contributed by atoms with Crippen LogP contribution >= 0.6 is 0 Å². The van der Waals surface area contributed by atoms with E-state index in [1.165, 1.54) is 16.8 Å². The van der Waals surface area contributed by atoms with E-state index in [1.54, 1.807) is 0 Å². The molecule has 0 fully saturated rings. The monoisotopic (exact) mass is 483 g/mol. The minimum Gasteiger partial charge on any atom is -0.346 e. The van der Waals surface area contributed by atoms with Crippen LogP contribution < -0.4 is 5.32 Å². The summed E-state index contributed by atoms with van der Waals surface area (Å²) in [5.74, 6) is -0.0729. The number of aromatic nitrogens is 1. The third-order valence-electron chi connectivity index (χ3n) is 7.20. The van der Waals surface area contributed by atoms with Crippen LogP contribution in [-0.2, 0) is 6.54 Å². The Morgan fingerprint density at radius 2 is 1.62 bits per heavy atom. The van der Waals surface area contributed by atoms with Gasteiger partial charge in [0.2, 0.25) is 0 Å². The van der Waals surface area contributed by atoms with Crippen molar-refractivity contribution in [2.24, 2.45) is 0 Å². The van der Waals surface area contributed by atoms with E-state index in [2.05, 4.69) is 60.1 Å². The maximum absolute atomic E-state index is 13.0. The lowest BCUT2D eigenvalue weighted by Gasteiger charge is -2.14. The lowest BCUT2D eigenvalue weighted by molar-refractivity contribution is 0.0940. The summed E-state index contributed by atoms with van der Waals surface area (Å²) < 4.78 is 2.30. The summed E-state index contributed by atoms with van der Waals surface area (Å²) in [6.07, 6.45) is 0. The van der Waals surface area contributed by atoms with Gasteiger partial charge in [0.1, 0.15) is 0 Å². The molecule has 0 aliphatic rings.